The highest BCUT2D eigenvalue weighted by Gasteiger charge is 2.21. The van der Waals surface area contributed by atoms with Crippen molar-refractivity contribution in [3.8, 4) is 5.75 Å². The maximum atomic E-state index is 14.1. The second-order valence-electron chi connectivity index (χ2n) is 5.25. The Morgan fingerprint density at radius 3 is 2.45 bits per heavy atom. The summed E-state index contributed by atoms with van der Waals surface area (Å²) in [6.07, 6.45) is -0.445. The van der Waals surface area contributed by atoms with Gasteiger partial charge in [-0.25, -0.2) is 9.18 Å². The molecule has 0 fully saturated rings. The third-order valence-electron chi connectivity index (χ3n) is 2.39. The largest absolute Gasteiger partial charge is 0.496 e. The Hall–Kier alpha value is -2.11. The predicted octanol–water partition coefficient (Wildman–Crippen LogP) is 3.30. The Bertz CT molecular complexity index is 535. The molecule has 0 spiro atoms. The summed E-state index contributed by atoms with van der Waals surface area (Å²) in [7, 11) is 1.34. The summed E-state index contributed by atoms with van der Waals surface area (Å²) in [6.45, 7) is 6.72. The standard InChI is InChI=1S/C14H18FNO4/c1-8-6-10(16-13(18)20-14(2,3)4)11(15)9(7-17)12(8)19-5/h6-7H,1-5H3,(H,16,18). The first kappa shape index (κ1) is 15.9. The van der Waals surface area contributed by atoms with E-state index in [0.29, 0.717) is 11.8 Å². The molecule has 110 valence electrons. The van der Waals surface area contributed by atoms with E-state index in [1.165, 1.54) is 13.2 Å². The molecule has 0 bridgehead atoms. The summed E-state index contributed by atoms with van der Waals surface area (Å²) >= 11 is 0. The van der Waals surface area contributed by atoms with E-state index in [1.807, 2.05) is 0 Å². The van der Waals surface area contributed by atoms with Gasteiger partial charge in [-0.1, -0.05) is 0 Å². The van der Waals surface area contributed by atoms with Crippen LogP contribution in [0.3, 0.4) is 0 Å². The number of methoxy groups -OCH3 is 1. The molecular formula is C14H18FNO4. The zero-order chi connectivity index (χ0) is 15.5. The Balaban J connectivity index is 3.12. The molecule has 0 saturated heterocycles. The van der Waals surface area contributed by atoms with Gasteiger partial charge in [0.2, 0.25) is 0 Å². The van der Waals surface area contributed by atoms with E-state index in [2.05, 4.69) is 5.32 Å². The lowest BCUT2D eigenvalue weighted by atomic mass is 10.1. The number of aldehydes is 1. The van der Waals surface area contributed by atoms with Crippen molar-refractivity contribution >= 4 is 18.1 Å². The van der Waals surface area contributed by atoms with Crippen molar-refractivity contribution < 1.29 is 23.5 Å². The molecule has 0 saturated carbocycles. The number of ether oxygens (including phenoxy) is 2. The molecule has 6 heteroatoms. The number of benzene rings is 1. The number of hydrogen-bond acceptors (Lipinski definition) is 4. The first-order valence-electron chi connectivity index (χ1n) is 6.02. The van der Waals surface area contributed by atoms with Gasteiger partial charge >= 0.3 is 6.09 Å². The lowest BCUT2D eigenvalue weighted by molar-refractivity contribution is 0.0635. The van der Waals surface area contributed by atoms with Gasteiger partial charge in [-0.05, 0) is 39.3 Å². The minimum atomic E-state index is -0.853. The molecule has 0 aliphatic carbocycles. The van der Waals surface area contributed by atoms with Gasteiger partial charge in [0.15, 0.2) is 12.1 Å². The maximum absolute atomic E-state index is 14.1. The van der Waals surface area contributed by atoms with Crippen LogP contribution in [-0.4, -0.2) is 25.1 Å². The zero-order valence-corrected chi connectivity index (χ0v) is 12.2. The number of halogens is 1. The fourth-order valence-electron chi connectivity index (χ4n) is 1.68. The monoisotopic (exact) mass is 283 g/mol. The molecular weight excluding hydrogens is 265 g/mol. The quantitative estimate of drug-likeness (QED) is 0.864. The van der Waals surface area contributed by atoms with Gasteiger partial charge < -0.3 is 9.47 Å². The van der Waals surface area contributed by atoms with Gasteiger partial charge in [0, 0.05) is 0 Å². The number of carbonyl (C=O) groups excluding carboxylic acids is 2. The van der Waals surface area contributed by atoms with Crippen LogP contribution < -0.4 is 10.1 Å². The van der Waals surface area contributed by atoms with Crippen LogP contribution in [0.1, 0.15) is 36.7 Å². The summed E-state index contributed by atoms with van der Waals surface area (Å²) < 4.78 is 24.1. The number of carbonyl (C=O) groups is 2. The normalized spacial score (nSPS) is 10.9. The van der Waals surface area contributed by atoms with Crippen LogP contribution in [0.15, 0.2) is 6.07 Å². The number of nitrogens with one attached hydrogen (secondary N) is 1. The van der Waals surface area contributed by atoms with Crippen LogP contribution in [0.4, 0.5) is 14.9 Å². The third-order valence-corrected chi connectivity index (χ3v) is 2.39. The van der Waals surface area contributed by atoms with Crippen molar-refractivity contribution in [3.63, 3.8) is 0 Å². The molecule has 5 nitrogen and oxygen atoms in total. The molecule has 0 heterocycles. The smallest absolute Gasteiger partial charge is 0.412 e. The molecule has 0 unspecified atom stereocenters. The third kappa shape index (κ3) is 3.69. The van der Waals surface area contributed by atoms with Gasteiger partial charge in [0.05, 0.1) is 18.4 Å². The van der Waals surface area contributed by atoms with Crippen LogP contribution >= 0.6 is 0 Å². The molecule has 20 heavy (non-hydrogen) atoms. The molecule has 1 amide bonds. The summed E-state index contributed by atoms with van der Waals surface area (Å²) in [6, 6.07) is 1.38. The number of hydrogen-bond donors (Lipinski definition) is 1. The molecule has 0 aromatic heterocycles. The van der Waals surface area contributed by atoms with E-state index in [1.54, 1.807) is 27.7 Å². The lowest BCUT2D eigenvalue weighted by Crippen LogP contribution is -2.27. The van der Waals surface area contributed by atoms with Crippen LogP contribution in [-0.2, 0) is 4.74 Å². The van der Waals surface area contributed by atoms with Crippen LogP contribution in [0.25, 0.3) is 0 Å². The fourth-order valence-corrected chi connectivity index (χ4v) is 1.68. The van der Waals surface area contributed by atoms with Crippen LogP contribution in [0, 0.1) is 12.7 Å². The Kier molecular flexibility index (Phi) is 4.70. The molecule has 0 aliphatic heterocycles. The van der Waals surface area contributed by atoms with E-state index in [-0.39, 0.29) is 17.0 Å². The molecule has 1 aromatic rings. The highest BCUT2D eigenvalue weighted by molar-refractivity contribution is 5.89. The molecule has 0 radical (unpaired) electrons. The number of rotatable bonds is 3. The van der Waals surface area contributed by atoms with E-state index < -0.39 is 17.5 Å². The first-order chi connectivity index (χ1) is 9.19. The topological polar surface area (TPSA) is 64.6 Å². The molecule has 0 aliphatic rings. The van der Waals surface area contributed by atoms with Crippen molar-refractivity contribution in [2.24, 2.45) is 0 Å². The number of aryl methyl sites for hydroxylation is 1. The summed E-state index contributed by atoms with van der Waals surface area (Å²) in [5, 5.41) is 2.28. The van der Waals surface area contributed by atoms with Gasteiger partial charge in [0.25, 0.3) is 0 Å². The summed E-state index contributed by atoms with van der Waals surface area (Å²) in [5.41, 5.74) is -0.532. The highest BCUT2D eigenvalue weighted by atomic mass is 19.1. The molecule has 1 N–H and O–H groups in total. The zero-order valence-electron chi connectivity index (χ0n) is 12.2. The van der Waals surface area contributed by atoms with Crippen molar-refractivity contribution in [1.82, 2.24) is 0 Å². The van der Waals surface area contributed by atoms with Gasteiger partial charge in [0.1, 0.15) is 11.4 Å². The minimum Gasteiger partial charge on any atom is -0.496 e. The summed E-state index contributed by atoms with van der Waals surface area (Å²) in [5.74, 6) is -0.708. The Labute approximate surface area is 117 Å². The Morgan fingerprint density at radius 2 is 2.00 bits per heavy atom. The van der Waals surface area contributed by atoms with Gasteiger partial charge in [-0.15, -0.1) is 0 Å². The second-order valence-corrected chi connectivity index (χ2v) is 5.25. The molecule has 0 atom stereocenters. The van der Waals surface area contributed by atoms with Crippen LogP contribution in [0.5, 0.6) is 5.75 Å². The SMILES string of the molecule is COc1c(C)cc(NC(=O)OC(C)(C)C)c(F)c1C=O. The first-order valence-corrected chi connectivity index (χ1v) is 6.02. The maximum Gasteiger partial charge on any atom is 0.412 e. The van der Waals surface area contributed by atoms with Crippen molar-refractivity contribution in [2.45, 2.75) is 33.3 Å². The molecule has 1 aromatic carbocycles. The van der Waals surface area contributed by atoms with E-state index in [9.17, 15) is 14.0 Å². The second kappa shape index (κ2) is 5.90. The summed E-state index contributed by atoms with van der Waals surface area (Å²) in [4.78, 5) is 22.6. The predicted molar refractivity (Wildman–Crippen MR) is 72.9 cm³/mol. The van der Waals surface area contributed by atoms with E-state index >= 15 is 0 Å². The van der Waals surface area contributed by atoms with Gasteiger partial charge in [-0.2, -0.15) is 0 Å². The number of amides is 1. The average Bonchev–Trinajstić information content (AvgIpc) is 2.30. The van der Waals surface area contributed by atoms with E-state index in [0.717, 1.165) is 0 Å². The fraction of sp³-hybridized carbons (Fsp3) is 0.429. The lowest BCUT2D eigenvalue weighted by Gasteiger charge is -2.20. The average molecular weight is 283 g/mol. The number of anilines is 1. The highest BCUT2D eigenvalue weighted by Crippen LogP contribution is 2.30. The van der Waals surface area contributed by atoms with Crippen molar-refractivity contribution in [2.75, 3.05) is 12.4 Å². The van der Waals surface area contributed by atoms with Crippen molar-refractivity contribution in [3.05, 3.63) is 23.0 Å². The minimum absolute atomic E-state index is 0.125. The Morgan fingerprint density at radius 1 is 1.40 bits per heavy atom. The molecule has 1 rings (SSSR count). The van der Waals surface area contributed by atoms with Crippen LogP contribution in [0.2, 0.25) is 0 Å². The van der Waals surface area contributed by atoms with E-state index in [4.69, 9.17) is 9.47 Å². The van der Waals surface area contributed by atoms with Gasteiger partial charge in [-0.3, -0.25) is 10.1 Å². The van der Waals surface area contributed by atoms with Crippen molar-refractivity contribution in [1.29, 1.82) is 0 Å².